The van der Waals surface area contributed by atoms with E-state index in [2.05, 4.69) is 11.1 Å². The van der Waals surface area contributed by atoms with Gasteiger partial charge in [0.25, 0.3) is 11.5 Å². The lowest BCUT2D eigenvalue weighted by molar-refractivity contribution is 0.0627. The Bertz CT molecular complexity index is 963. The van der Waals surface area contributed by atoms with Gasteiger partial charge in [0.05, 0.1) is 30.9 Å². The van der Waals surface area contributed by atoms with E-state index < -0.39 is 0 Å². The van der Waals surface area contributed by atoms with Crippen LogP contribution in [0, 0.1) is 17.2 Å². The number of aryl methyl sites for hydroxylation is 1. The van der Waals surface area contributed by atoms with Crippen LogP contribution in [0.1, 0.15) is 28.8 Å². The summed E-state index contributed by atoms with van der Waals surface area (Å²) in [5.74, 6) is 0.678. The topological polar surface area (TPSA) is 97.5 Å². The zero-order valence-electron chi connectivity index (χ0n) is 15.9. The number of likely N-dealkylation sites (tertiary alicyclic amines) is 1. The Kier molecular flexibility index (Phi) is 5.94. The first-order chi connectivity index (χ1) is 13.5. The SMILES string of the molecule is COc1cc(=O)n(C)cc1C(=O)N1CCCC(COc2cc(C#N)ccn2)C1. The van der Waals surface area contributed by atoms with Crippen LogP contribution in [0.3, 0.4) is 0 Å². The summed E-state index contributed by atoms with van der Waals surface area (Å²) < 4.78 is 12.3. The molecule has 8 heteroatoms. The van der Waals surface area contributed by atoms with Gasteiger partial charge in [0.1, 0.15) is 5.75 Å². The maximum absolute atomic E-state index is 13.0. The van der Waals surface area contributed by atoms with Gasteiger partial charge in [-0.25, -0.2) is 4.98 Å². The summed E-state index contributed by atoms with van der Waals surface area (Å²) in [5.41, 5.74) is 0.632. The molecule has 8 nitrogen and oxygen atoms in total. The van der Waals surface area contributed by atoms with Crippen LogP contribution in [-0.4, -0.2) is 47.2 Å². The van der Waals surface area contributed by atoms with E-state index >= 15 is 0 Å². The molecule has 1 aliphatic heterocycles. The van der Waals surface area contributed by atoms with E-state index in [4.69, 9.17) is 14.7 Å². The monoisotopic (exact) mass is 382 g/mol. The van der Waals surface area contributed by atoms with Crippen LogP contribution in [0.25, 0.3) is 0 Å². The number of nitriles is 1. The first-order valence-corrected chi connectivity index (χ1v) is 9.04. The standard InChI is InChI=1S/C20H22N4O4/c1-23-12-16(17(27-2)9-19(23)25)20(26)24-7-3-4-15(11-24)13-28-18-8-14(10-21)5-6-22-18/h5-6,8-9,12,15H,3-4,7,11,13H2,1-2H3. The van der Waals surface area contributed by atoms with Crippen molar-refractivity contribution in [3.05, 3.63) is 52.1 Å². The van der Waals surface area contributed by atoms with Crippen LogP contribution in [0.5, 0.6) is 11.6 Å². The van der Waals surface area contributed by atoms with Crippen LogP contribution < -0.4 is 15.0 Å². The van der Waals surface area contributed by atoms with Gasteiger partial charge in [0, 0.05) is 50.6 Å². The number of ether oxygens (including phenoxy) is 2. The summed E-state index contributed by atoms with van der Waals surface area (Å²) in [7, 11) is 3.05. The summed E-state index contributed by atoms with van der Waals surface area (Å²) in [6, 6.07) is 6.60. The molecule has 28 heavy (non-hydrogen) atoms. The predicted molar refractivity (Wildman–Crippen MR) is 101 cm³/mol. The molecular weight excluding hydrogens is 360 g/mol. The van der Waals surface area contributed by atoms with Crippen LogP contribution in [0.15, 0.2) is 35.4 Å². The summed E-state index contributed by atoms with van der Waals surface area (Å²) in [4.78, 5) is 30.6. The van der Waals surface area contributed by atoms with Crippen LogP contribution in [0.4, 0.5) is 0 Å². The molecule has 0 spiro atoms. The zero-order chi connectivity index (χ0) is 20.1. The second kappa shape index (κ2) is 8.57. The van der Waals surface area contributed by atoms with Crippen molar-refractivity contribution in [1.29, 1.82) is 5.26 Å². The van der Waals surface area contributed by atoms with E-state index in [-0.39, 0.29) is 23.1 Å². The molecule has 2 aromatic heterocycles. The van der Waals surface area contributed by atoms with E-state index in [0.29, 0.717) is 36.7 Å². The van der Waals surface area contributed by atoms with Crippen molar-refractivity contribution in [3.63, 3.8) is 0 Å². The Hall–Kier alpha value is -3.34. The van der Waals surface area contributed by atoms with Gasteiger partial charge < -0.3 is 18.9 Å². The number of hydrogen-bond acceptors (Lipinski definition) is 6. The molecule has 0 aromatic carbocycles. The molecule has 1 fully saturated rings. The third-order valence-corrected chi connectivity index (χ3v) is 4.78. The molecule has 1 amide bonds. The predicted octanol–water partition coefficient (Wildman–Crippen LogP) is 1.59. The molecule has 146 valence electrons. The first-order valence-electron chi connectivity index (χ1n) is 9.04. The summed E-state index contributed by atoms with van der Waals surface area (Å²) in [6.07, 6.45) is 4.85. The average Bonchev–Trinajstić information content (AvgIpc) is 2.73. The smallest absolute Gasteiger partial charge is 0.259 e. The van der Waals surface area contributed by atoms with Crippen molar-refractivity contribution in [1.82, 2.24) is 14.5 Å². The molecule has 0 aliphatic carbocycles. The van der Waals surface area contributed by atoms with Crippen LogP contribution in [0.2, 0.25) is 0 Å². The lowest BCUT2D eigenvalue weighted by Crippen LogP contribution is -2.42. The van der Waals surface area contributed by atoms with E-state index in [1.807, 2.05) is 0 Å². The first kappa shape index (κ1) is 19.4. The van der Waals surface area contributed by atoms with E-state index in [0.717, 1.165) is 12.8 Å². The molecule has 0 bridgehead atoms. The maximum atomic E-state index is 13.0. The zero-order valence-corrected chi connectivity index (χ0v) is 15.9. The van der Waals surface area contributed by atoms with E-state index in [1.165, 1.54) is 30.1 Å². The van der Waals surface area contributed by atoms with E-state index in [1.54, 1.807) is 24.1 Å². The summed E-state index contributed by atoms with van der Waals surface area (Å²) >= 11 is 0. The van der Waals surface area contributed by atoms with Crippen molar-refractivity contribution >= 4 is 5.91 Å². The minimum atomic E-state index is -0.231. The van der Waals surface area contributed by atoms with Crippen molar-refractivity contribution in [2.45, 2.75) is 12.8 Å². The lowest BCUT2D eigenvalue weighted by atomic mass is 9.98. The van der Waals surface area contributed by atoms with Crippen molar-refractivity contribution in [2.75, 3.05) is 26.8 Å². The van der Waals surface area contributed by atoms with Crippen molar-refractivity contribution in [2.24, 2.45) is 13.0 Å². The Morgan fingerprint density at radius 2 is 2.25 bits per heavy atom. The van der Waals surface area contributed by atoms with Gasteiger partial charge in [-0.05, 0) is 18.9 Å². The summed E-state index contributed by atoms with van der Waals surface area (Å²) in [6.45, 7) is 1.60. The second-order valence-corrected chi connectivity index (χ2v) is 6.77. The molecule has 1 saturated heterocycles. The number of carbonyl (C=O) groups is 1. The Morgan fingerprint density at radius 3 is 3.00 bits per heavy atom. The number of amides is 1. The third-order valence-electron chi connectivity index (χ3n) is 4.78. The Morgan fingerprint density at radius 1 is 1.43 bits per heavy atom. The Labute approximate surface area is 162 Å². The molecule has 3 heterocycles. The van der Waals surface area contributed by atoms with Gasteiger partial charge in [-0.1, -0.05) is 0 Å². The number of carbonyl (C=O) groups excluding carboxylic acids is 1. The molecule has 1 unspecified atom stereocenters. The van der Waals surface area contributed by atoms with Crippen LogP contribution in [-0.2, 0) is 7.05 Å². The molecule has 1 aliphatic rings. The highest BCUT2D eigenvalue weighted by atomic mass is 16.5. The molecule has 0 N–H and O–H groups in total. The minimum absolute atomic E-state index is 0.156. The number of rotatable bonds is 5. The molecule has 0 saturated carbocycles. The molecule has 0 radical (unpaired) electrons. The highest BCUT2D eigenvalue weighted by molar-refractivity contribution is 5.96. The van der Waals surface area contributed by atoms with Gasteiger partial charge in [-0.3, -0.25) is 9.59 Å². The average molecular weight is 382 g/mol. The normalized spacial score (nSPS) is 16.3. The van der Waals surface area contributed by atoms with Gasteiger partial charge in [0.2, 0.25) is 5.88 Å². The molecule has 1 atom stereocenters. The van der Waals surface area contributed by atoms with Crippen LogP contribution >= 0.6 is 0 Å². The number of piperidine rings is 1. The summed E-state index contributed by atoms with van der Waals surface area (Å²) in [5, 5.41) is 8.95. The number of methoxy groups -OCH3 is 1. The number of nitrogens with zero attached hydrogens (tertiary/aromatic N) is 4. The highest BCUT2D eigenvalue weighted by Crippen LogP contribution is 2.23. The maximum Gasteiger partial charge on any atom is 0.259 e. The van der Waals surface area contributed by atoms with Gasteiger partial charge in [-0.15, -0.1) is 0 Å². The Balaban J connectivity index is 1.68. The highest BCUT2D eigenvalue weighted by Gasteiger charge is 2.27. The fraction of sp³-hybridized carbons (Fsp3) is 0.400. The van der Waals surface area contributed by atoms with Gasteiger partial charge in [0.15, 0.2) is 0 Å². The fourth-order valence-electron chi connectivity index (χ4n) is 3.26. The minimum Gasteiger partial charge on any atom is -0.496 e. The number of pyridine rings is 2. The second-order valence-electron chi connectivity index (χ2n) is 6.77. The quantitative estimate of drug-likeness (QED) is 0.779. The van der Waals surface area contributed by atoms with Crippen molar-refractivity contribution in [3.8, 4) is 17.7 Å². The largest absolute Gasteiger partial charge is 0.496 e. The third kappa shape index (κ3) is 4.31. The van der Waals surface area contributed by atoms with E-state index in [9.17, 15) is 9.59 Å². The van der Waals surface area contributed by atoms with Gasteiger partial charge in [-0.2, -0.15) is 5.26 Å². The lowest BCUT2D eigenvalue weighted by Gasteiger charge is -2.33. The molecular formula is C20H22N4O4. The fourth-order valence-corrected chi connectivity index (χ4v) is 3.26. The van der Waals surface area contributed by atoms with Gasteiger partial charge >= 0.3 is 0 Å². The number of aromatic nitrogens is 2. The van der Waals surface area contributed by atoms with Crippen molar-refractivity contribution < 1.29 is 14.3 Å². The molecule has 3 rings (SSSR count). The molecule has 2 aromatic rings. The number of hydrogen-bond donors (Lipinski definition) is 0.